The molecule has 3 heterocycles. The lowest BCUT2D eigenvalue weighted by atomic mass is 9.84. The molecule has 0 aliphatic carbocycles. The Balaban J connectivity index is 2.06. The molecule has 0 saturated heterocycles. The third kappa shape index (κ3) is 2.67. The van der Waals surface area contributed by atoms with Crippen LogP contribution in [0.2, 0.25) is 0 Å². The molecule has 0 saturated carbocycles. The summed E-state index contributed by atoms with van der Waals surface area (Å²) >= 11 is 0. The Hall–Kier alpha value is -2.67. The van der Waals surface area contributed by atoms with E-state index >= 15 is 0 Å². The summed E-state index contributed by atoms with van der Waals surface area (Å²) in [7, 11) is 0. The lowest BCUT2D eigenvalue weighted by Gasteiger charge is -2.35. The fourth-order valence-corrected chi connectivity index (χ4v) is 2.68. The molecule has 0 fully saturated rings. The first-order chi connectivity index (χ1) is 11.6. The standard InChI is InChI=1S/C17H21N5O2/c1-4-22-16-13(11-20-22)17(8-10-19-16,24-21-12(2)3)15(23)14-7-5-6-9-18-14/h5-11,15,20,23H,4H2,1-3H3. The van der Waals surface area contributed by atoms with Crippen molar-refractivity contribution >= 4 is 11.5 Å². The van der Waals surface area contributed by atoms with Crippen LogP contribution in [0.5, 0.6) is 0 Å². The zero-order valence-corrected chi connectivity index (χ0v) is 14.0. The summed E-state index contributed by atoms with van der Waals surface area (Å²) in [6.45, 7) is 6.40. The molecule has 0 radical (unpaired) electrons. The largest absolute Gasteiger partial charge is 0.382 e. The van der Waals surface area contributed by atoms with Crippen molar-refractivity contribution in [2.45, 2.75) is 32.5 Å². The van der Waals surface area contributed by atoms with Crippen molar-refractivity contribution in [3.05, 3.63) is 54.1 Å². The number of hydrazine groups is 1. The number of aliphatic hydroxyl groups is 1. The molecule has 0 spiro atoms. The summed E-state index contributed by atoms with van der Waals surface area (Å²) in [6.07, 6.45) is 5.75. The molecular formula is C17H21N5O2. The Labute approximate surface area is 141 Å². The van der Waals surface area contributed by atoms with Gasteiger partial charge in [0.2, 0.25) is 5.60 Å². The summed E-state index contributed by atoms with van der Waals surface area (Å²) in [5.74, 6) is 0.707. The summed E-state index contributed by atoms with van der Waals surface area (Å²) < 4.78 is 0. The number of likely N-dealkylation sites (N-methyl/N-ethyl adjacent to an activating group) is 1. The van der Waals surface area contributed by atoms with E-state index in [4.69, 9.17) is 4.84 Å². The van der Waals surface area contributed by atoms with Gasteiger partial charge in [-0.2, -0.15) is 0 Å². The minimum absolute atomic E-state index is 0.503. The summed E-state index contributed by atoms with van der Waals surface area (Å²) in [4.78, 5) is 14.5. The van der Waals surface area contributed by atoms with Gasteiger partial charge in [0.15, 0.2) is 5.84 Å². The molecule has 2 unspecified atom stereocenters. The average Bonchev–Trinajstić information content (AvgIpc) is 3.04. The number of nitrogens with zero attached hydrogens (tertiary/aromatic N) is 4. The second-order valence-corrected chi connectivity index (χ2v) is 5.78. The van der Waals surface area contributed by atoms with E-state index in [9.17, 15) is 5.11 Å². The molecule has 24 heavy (non-hydrogen) atoms. The van der Waals surface area contributed by atoms with Crippen LogP contribution in [0.4, 0.5) is 0 Å². The molecule has 2 aliphatic heterocycles. The second kappa shape index (κ2) is 6.45. The van der Waals surface area contributed by atoms with Crippen LogP contribution in [0, 0.1) is 0 Å². The topological polar surface area (TPSA) is 82.3 Å². The molecule has 0 aromatic carbocycles. The number of fused-ring (bicyclic) bond motifs is 1. The van der Waals surface area contributed by atoms with Crippen LogP contribution in [0.25, 0.3) is 0 Å². The summed E-state index contributed by atoms with van der Waals surface area (Å²) in [5, 5.41) is 17.1. The van der Waals surface area contributed by atoms with E-state index in [0.717, 1.165) is 17.8 Å². The minimum atomic E-state index is -1.19. The third-order valence-electron chi connectivity index (χ3n) is 3.87. The first-order valence-corrected chi connectivity index (χ1v) is 7.87. The van der Waals surface area contributed by atoms with Gasteiger partial charge >= 0.3 is 0 Å². The first kappa shape index (κ1) is 16.2. The molecule has 0 amide bonds. The molecule has 0 bridgehead atoms. The lowest BCUT2D eigenvalue weighted by molar-refractivity contribution is -0.0683. The molecule has 126 valence electrons. The number of pyridine rings is 1. The number of amidine groups is 1. The van der Waals surface area contributed by atoms with Gasteiger partial charge in [0, 0.05) is 25.1 Å². The molecule has 2 aliphatic rings. The third-order valence-corrected chi connectivity index (χ3v) is 3.87. The number of oxime groups is 1. The van der Waals surface area contributed by atoms with Crippen LogP contribution in [-0.4, -0.2) is 38.8 Å². The average molecular weight is 327 g/mol. The van der Waals surface area contributed by atoms with Gasteiger partial charge in [0.1, 0.15) is 6.10 Å². The maximum atomic E-state index is 11.1. The minimum Gasteiger partial charge on any atom is -0.382 e. The second-order valence-electron chi connectivity index (χ2n) is 5.78. The zero-order valence-electron chi connectivity index (χ0n) is 14.0. The van der Waals surface area contributed by atoms with Crippen molar-refractivity contribution in [2.75, 3.05) is 6.54 Å². The fraction of sp³-hybridized carbons (Fsp3) is 0.353. The molecule has 7 heteroatoms. The first-order valence-electron chi connectivity index (χ1n) is 7.87. The van der Waals surface area contributed by atoms with E-state index < -0.39 is 11.7 Å². The highest BCUT2D eigenvalue weighted by molar-refractivity contribution is 6.03. The Morgan fingerprint density at radius 1 is 1.46 bits per heavy atom. The molecule has 2 atom stereocenters. The monoisotopic (exact) mass is 327 g/mol. The molecular weight excluding hydrogens is 306 g/mol. The maximum absolute atomic E-state index is 11.1. The zero-order chi connectivity index (χ0) is 17.2. The van der Waals surface area contributed by atoms with Crippen LogP contribution in [0.3, 0.4) is 0 Å². The molecule has 3 rings (SSSR count). The highest BCUT2D eigenvalue weighted by atomic mass is 16.7. The maximum Gasteiger partial charge on any atom is 0.218 e. The summed E-state index contributed by atoms with van der Waals surface area (Å²) in [5.41, 5.74) is 3.91. The predicted octanol–water partition coefficient (Wildman–Crippen LogP) is 1.92. The van der Waals surface area contributed by atoms with Crippen LogP contribution in [-0.2, 0) is 4.84 Å². The van der Waals surface area contributed by atoms with Gasteiger partial charge < -0.3 is 15.4 Å². The van der Waals surface area contributed by atoms with Gasteiger partial charge in [-0.3, -0.25) is 9.99 Å². The van der Waals surface area contributed by atoms with Gasteiger partial charge in [-0.25, -0.2) is 4.99 Å². The Morgan fingerprint density at radius 3 is 2.96 bits per heavy atom. The van der Waals surface area contributed by atoms with Crippen molar-refractivity contribution in [2.24, 2.45) is 10.1 Å². The number of aliphatic hydroxyl groups excluding tert-OH is 1. The van der Waals surface area contributed by atoms with Gasteiger partial charge in [0.05, 0.1) is 17.0 Å². The summed E-state index contributed by atoms with van der Waals surface area (Å²) in [6, 6.07) is 5.39. The smallest absolute Gasteiger partial charge is 0.218 e. The van der Waals surface area contributed by atoms with E-state index in [1.807, 2.05) is 31.8 Å². The van der Waals surface area contributed by atoms with Crippen molar-refractivity contribution in [1.29, 1.82) is 0 Å². The predicted molar refractivity (Wildman–Crippen MR) is 92.0 cm³/mol. The van der Waals surface area contributed by atoms with E-state index in [2.05, 4.69) is 20.6 Å². The number of hydrogen-bond acceptors (Lipinski definition) is 7. The normalized spacial score (nSPS) is 22.9. The van der Waals surface area contributed by atoms with Crippen molar-refractivity contribution in [3.63, 3.8) is 0 Å². The molecule has 1 aromatic heterocycles. The molecule has 1 aromatic rings. The Kier molecular flexibility index (Phi) is 4.35. The highest BCUT2D eigenvalue weighted by Crippen LogP contribution is 2.41. The lowest BCUT2D eigenvalue weighted by Crippen LogP contribution is -2.45. The van der Waals surface area contributed by atoms with E-state index in [0.29, 0.717) is 11.5 Å². The van der Waals surface area contributed by atoms with E-state index in [1.165, 1.54) is 0 Å². The van der Waals surface area contributed by atoms with Crippen molar-refractivity contribution in [3.8, 4) is 0 Å². The van der Waals surface area contributed by atoms with E-state index in [-0.39, 0.29) is 0 Å². The molecule has 2 N–H and O–H groups in total. The van der Waals surface area contributed by atoms with Gasteiger partial charge in [-0.15, -0.1) is 0 Å². The number of nitrogens with one attached hydrogen (secondary N) is 1. The highest BCUT2D eigenvalue weighted by Gasteiger charge is 2.50. The quantitative estimate of drug-likeness (QED) is 0.638. The van der Waals surface area contributed by atoms with Gasteiger partial charge in [0.25, 0.3) is 0 Å². The number of rotatable bonds is 5. The van der Waals surface area contributed by atoms with Gasteiger partial charge in [-0.05, 0) is 39.0 Å². The number of aromatic nitrogens is 1. The van der Waals surface area contributed by atoms with E-state index in [1.54, 1.807) is 36.8 Å². The van der Waals surface area contributed by atoms with Crippen LogP contribution in [0.15, 0.2) is 58.6 Å². The van der Waals surface area contributed by atoms with Crippen LogP contribution < -0.4 is 5.43 Å². The van der Waals surface area contributed by atoms with Crippen LogP contribution in [0.1, 0.15) is 32.6 Å². The van der Waals surface area contributed by atoms with Crippen molar-refractivity contribution in [1.82, 2.24) is 15.4 Å². The number of hydrogen-bond donors (Lipinski definition) is 2. The fourth-order valence-electron chi connectivity index (χ4n) is 2.68. The Morgan fingerprint density at radius 2 is 2.29 bits per heavy atom. The van der Waals surface area contributed by atoms with Gasteiger partial charge in [-0.1, -0.05) is 11.2 Å². The Bertz CT molecular complexity index is 722. The van der Waals surface area contributed by atoms with Crippen LogP contribution >= 0.6 is 0 Å². The van der Waals surface area contributed by atoms with Crippen molar-refractivity contribution < 1.29 is 9.94 Å². The SMILES string of the molecule is CCN1NC=C2C1=NC=CC2(ON=C(C)C)C(O)c1ccccn1. The molecule has 7 nitrogen and oxygen atoms in total. The number of aliphatic imine (C=N–C) groups is 1.